The number of hydrogen-bond acceptors (Lipinski definition) is 2. The number of nitrogens with zero attached hydrogens (tertiary/aromatic N) is 2. The van der Waals surface area contributed by atoms with Gasteiger partial charge in [-0.25, -0.2) is 4.98 Å². The van der Waals surface area contributed by atoms with Crippen molar-refractivity contribution in [2.24, 2.45) is 7.05 Å². The van der Waals surface area contributed by atoms with E-state index < -0.39 is 0 Å². The molecule has 0 aromatic carbocycles. The number of aromatic nitrogens is 2. The molecule has 0 aliphatic heterocycles. The van der Waals surface area contributed by atoms with Crippen molar-refractivity contribution in [1.82, 2.24) is 9.55 Å². The van der Waals surface area contributed by atoms with Crippen LogP contribution in [-0.2, 0) is 17.9 Å². The van der Waals surface area contributed by atoms with Gasteiger partial charge >= 0.3 is 0 Å². The predicted octanol–water partition coefficient (Wildman–Crippen LogP) is 2.60. The van der Waals surface area contributed by atoms with Crippen molar-refractivity contribution in [3.05, 3.63) is 11.5 Å². The lowest BCUT2D eigenvalue weighted by molar-refractivity contribution is 0.516. The normalized spacial score (nSPS) is 13.3. The molecule has 1 rings (SSSR count). The Hall–Kier alpha value is -0.990. The average molecular weight is 209 g/mol. The smallest absolute Gasteiger partial charge is 0.127 e. The lowest BCUT2D eigenvalue weighted by Gasteiger charge is -2.17. The van der Waals surface area contributed by atoms with Crippen LogP contribution in [0.5, 0.6) is 0 Å². The highest BCUT2D eigenvalue weighted by molar-refractivity contribution is 5.43. The monoisotopic (exact) mass is 209 g/mol. The maximum atomic E-state index is 6.09. The first-order valence-corrected chi connectivity index (χ1v) is 5.38. The van der Waals surface area contributed by atoms with Crippen LogP contribution >= 0.6 is 0 Å². The van der Waals surface area contributed by atoms with Crippen molar-refractivity contribution in [2.75, 3.05) is 5.73 Å². The third kappa shape index (κ3) is 2.16. The maximum Gasteiger partial charge on any atom is 0.127 e. The average Bonchev–Trinajstić information content (AvgIpc) is 2.26. The van der Waals surface area contributed by atoms with E-state index in [-0.39, 0.29) is 10.8 Å². The van der Waals surface area contributed by atoms with E-state index in [0.29, 0.717) is 0 Å². The Bertz CT molecular complexity index is 327. The van der Waals surface area contributed by atoms with E-state index in [1.54, 1.807) is 0 Å². The van der Waals surface area contributed by atoms with Gasteiger partial charge in [-0.2, -0.15) is 0 Å². The summed E-state index contributed by atoms with van der Waals surface area (Å²) in [4.78, 5) is 4.69. The van der Waals surface area contributed by atoms with Crippen molar-refractivity contribution in [1.29, 1.82) is 0 Å². The zero-order valence-electron chi connectivity index (χ0n) is 11.0. The molecule has 3 nitrogen and oxygen atoms in total. The second-order valence-electron chi connectivity index (χ2n) is 6.23. The molecule has 0 radical (unpaired) electrons. The molecule has 0 fully saturated rings. The van der Waals surface area contributed by atoms with E-state index in [9.17, 15) is 0 Å². The highest BCUT2D eigenvalue weighted by atomic mass is 15.1. The Kier molecular flexibility index (Phi) is 2.62. The number of nitrogens with two attached hydrogens (primary N) is 1. The molecule has 2 N–H and O–H groups in total. The Morgan fingerprint density at radius 2 is 1.47 bits per heavy atom. The van der Waals surface area contributed by atoms with Gasteiger partial charge in [0.1, 0.15) is 11.6 Å². The first-order valence-electron chi connectivity index (χ1n) is 5.38. The molecule has 1 aromatic rings. The minimum Gasteiger partial charge on any atom is -0.384 e. The van der Waals surface area contributed by atoms with E-state index in [0.717, 1.165) is 17.3 Å². The van der Waals surface area contributed by atoms with Crippen LogP contribution in [0, 0.1) is 0 Å². The molecule has 1 heterocycles. The summed E-state index contributed by atoms with van der Waals surface area (Å²) in [5.41, 5.74) is 7.12. The molecule has 0 bridgehead atoms. The summed E-state index contributed by atoms with van der Waals surface area (Å²) >= 11 is 0. The van der Waals surface area contributed by atoms with Crippen LogP contribution in [0.1, 0.15) is 53.1 Å². The summed E-state index contributed by atoms with van der Waals surface area (Å²) in [6, 6.07) is 0. The Labute approximate surface area is 92.7 Å². The highest BCUT2D eigenvalue weighted by Gasteiger charge is 2.28. The number of nitrogen functional groups attached to an aromatic ring is 1. The van der Waals surface area contributed by atoms with Crippen LogP contribution in [0.15, 0.2) is 0 Å². The standard InChI is InChI=1S/C12H23N3/c1-11(2,3)8-9(13)15(7)10(14-8)12(4,5)6/h13H2,1-7H3. The van der Waals surface area contributed by atoms with Crippen LogP contribution in [0.25, 0.3) is 0 Å². The molecule has 0 atom stereocenters. The van der Waals surface area contributed by atoms with Gasteiger partial charge in [-0.15, -0.1) is 0 Å². The Balaban J connectivity index is 3.38. The molecule has 86 valence electrons. The first-order chi connectivity index (χ1) is 6.55. The number of rotatable bonds is 0. The fraction of sp³-hybridized carbons (Fsp3) is 0.750. The summed E-state index contributed by atoms with van der Waals surface area (Å²) in [6.45, 7) is 12.9. The first kappa shape index (κ1) is 12.1. The third-order valence-corrected chi connectivity index (χ3v) is 2.52. The van der Waals surface area contributed by atoms with Crippen molar-refractivity contribution in [3.63, 3.8) is 0 Å². The fourth-order valence-electron chi connectivity index (χ4n) is 1.73. The predicted molar refractivity (Wildman–Crippen MR) is 65.0 cm³/mol. The van der Waals surface area contributed by atoms with Crippen LogP contribution < -0.4 is 5.73 Å². The number of anilines is 1. The van der Waals surface area contributed by atoms with Gasteiger partial charge in [0.15, 0.2) is 0 Å². The van der Waals surface area contributed by atoms with E-state index in [4.69, 9.17) is 5.73 Å². The number of hydrogen-bond donors (Lipinski definition) is 1. The highest BCUT2D eigenvalue weighted by Crippen LogP contribution is 2.31. The van der Waals surface area contributed by atoms with Crippen LogP contribution in [0.4, 0.5) is 5.82 Å². The van der Waals surface area contributed by atoms with E-state index in [1.165, 1.54) is 0 Å². The molecule has 15 heavy (non-hydrogen) atoms. The SMILES string of the molecule is Cn1c(C(C)(C)C)nc(C(C)(C)C)c1N. The molecule has 0 unspecified atom stereocenters. The van der Waals surface area contributed by atoms with Gasteiger partial charge in [0.2, 0.25) is 0 Å². The summed E-state index contributed by atoms with van der Waals surface area (Å²) < 4.78 is 2.00. The molecule has 0 saturated carbocycles. The van der Waals surface area contributed by atoms with Crippen molar-refractivity contribution in [2.45, 2.75) is 52.4 Å². The minimum atomic E-state index is 0.00530. The topological polar surface area (TPSA) is 43.8 Å². The van der Waals surface area contributed by atoms with Crippen molar-refractivity contribution >= 4 is 5.82 Å². The van der Waals surface area contributed by atoms with Gasteiger partial charge in [-0.1, -0.05) is 41.5 Å². The Morgan fingerprint density at radius 1 is 1.00 bits per heavy atom. The molecular formula is C12H23N3. The Morgan fingerprint density at radius 3 is 1.67 bits per heavy atom. The van der Waals surface area contributed by atoms with E-state index >= 15 is 0 Å². The van der Waals surface area contributed by atoms with E-state index in [1.807, 2.05) is 11.6 Å². The second-order valence-corrected chi connectivity index (χ2v) is 6.23. The molecule has 0 amide bonds. The van der Waals surface area contributed by atoms with Gasteiger partial charge < -0.3 is 10.3 Å². The van der Waals surface area contributed by atoms with Crippen molar-refractivity contribution in [3.8, 4) is 0 Å². The van der Waals surface area contributed by atoms with Gasteiger partial charge in [-0.3, -0.25) is 0 Å². The summed E-state index contributed by atoms with van der Waals surface area (Å²) in [5.74, 6) is 1.83. The fourth-order valence-corrected chi connectivity index (χ4v) is 1.73. The zero-order valence-corrected chi connectivity index (χ0v) is 11.0. The molecule has 0 aliphatic rings. The molecule has 0 aliphatic carbocycles. The molecule has 0 saturated heterocycles. The largest absolute Gasteiger partial charge is 0.384 e. The summed E-state index contributed by atoms with van der Waals surface area (Å²) in [5, 5.41) is 0. The van der Waals surface area contributed by atoms with Gasteiger partial charge in [0, 0.05) is 17.9 Å². The van der Waals surface area contributed by atoms with Crippen LogP contribution in [0.2, 0.25) is 0 Å². The summed E-state index contributed by atoms with van der Waals surface area (Å²) in [7, 11) is 1.98. The minimum absolute atomic E-state index is 0.00530. The van der Waals surface area contributed by atoms with Gasteiger partial charge in [0.05, 0.1) is 5.69 Å². The van der Waals surface area contributed by atoms with Crippen LogP contribution in [0.3, 0.4) is 0 Å². The number of imidazole rings is 1. The second kappa shape index (κ2) is 3.26. The quantitative estimate of drug-likeness (QED) is 0.713. The molecule has 1 aromatic heterocycles. The zero-order chi connectivity index (χ0) is 12.0. The van der Waals surface area contributed by atoms with Gasteiger partial charge in [-0.05, 0) is 0 Å². The molecule has 0 spiro atoms. The van der Waals surface area contributed by atoms with E-state index in [2.05, 4.69) is 46.5 Å². The lowest BCUT2D eigenvalue weighted by Crippen LogP contribution is -2.18. The molecule has 3 heteroatoms. The lowest BCUT2D eigenvalue weighted by atomic mass is 9.92. The molecular weight excluding hydrogens is 186 g/mol. The third-order valence-electron chi connectivity index (χ3n) is 2.52. The van der Waals surface area contributed by atoms with Crippen molar-refractivity contribution < 1.29 is 0 Å². The summed E-state index contributed by atoms with van der Waals surface area (Å²) in [6.07, 6.45) is 0. The maximum absolute atomic E-state index is 6.09. The van der Waals surface area contributed by atoms with Gasteiger partial charge in [0.25, 0.3) is 0 Å². The van der Waals surface area contributed by atoms with Crippen LogP contribution in [-0.4, -0.2) is 9.55 Å².